The quantitative estimate of drug-likeness (QED) is 0.267. The molecule has 2 aromatic carbocycles. The lowest BCUT2D eigenvalue weighted by molar-refractivity contribution is -0.129. The molecule has 3 amide bonds. The Labute approximate surface area is 188 Å². The van der Waals surface area contributed by atoms with Gasteiger partial charge in [-0.15, -0.1) is 0 Å². The second-order valence-corrected chi connectivity index (χ2v) is 7.39. The summed E-state index contributed by atoms with van der Waals surface area (Å²) in [5, 5.41) is 8.12. The minimum Gasteiger partial charge on any atom is -0.354 e. The molecule has 0 bridgehead atoms. The maximum Gasteiger partial charge on any atom is 0.242 e. The Hall–Kier alpha value is -3.52. The van der Waals surface area contributed by atoms with E-state index < -0.39 is 18.0 Å². The Morgan fingerprint density at radius 3 is 1.97 bits per heavy atom. The molecule has 0 heterocycles. The van der Waals surface area contributed by atoms with Gasteiger partial charge in [0.05, 0.1) is 6.04 Å². The summed E-state index contributed by atoms with van der Waals surface area (Å²) >= 11 is 0. The number of nitrogens with two attached hydrogens (primary N) is 1. The molecule has 0 aliphatic heterocycles. The van der Waals surface area contributed by atoms with Crippen molar-refractivity contribution in [2.75, 3.05) is 13.1 Å². The van der Waals surface area contributed by atoms with Gasteiger partial charge < -0.3 is 26.5 Å². The van der Waals surface area contributed by atoms with Crippen LogP contribution in [0, 0.1) is 0 Å². The summed E-state index contributed by atoms with van der Waals surface area (Å²) < 4.78 is 0. The number of amides is 3. The third-order valence-corrected chi connectivity index (χ3v) is 4.79. The van der Waals surface area contributed by atoms with Crippen molar-refractivity contribution in [1.29, 1.82) is 0 Å². The molecular formula is C24H30N4O4. The van der Waals surface area contributed by atoms with Gasteiger partial charge in [-0.2, -0.15) is 0 Å². The molecule has 2 rings (SSSR count). The summed E-state index contributed by atoms with van der Waals surface area (Å²) in [5.74, 6) is -1.03. The summed E-state index contributed by atoms with van der Waals surface area (Å²) in [6.45, 7) is 0.422. The molecule has 32 heavy (non-hydrogen) atoms. The van der Waals surface area contributed by atoms with Crippen molar-refractivity contribution in [3.8, 4) is 0 Å². The van der Waals surface area contributed by atoms with Gasteiger partial charge in [0.25, 0.3) is 0 Å². The Morgan fingerprint density at radius 2 is 1.38 bits per heavy atom. The van der Waals surface area contributed by atoms with Crippen LogP contribution in [0.25, 0.3) is 0 Å². The highest BCUT2D eigenvalue weighted by molar-refractivity contribution is 5.90. The number of nitrogens with one attached hydrogen (secondary N) is 3. The number of carbonyl (C=O) groups is 4. The zero-order valence-electron chi connectivity index (χ0n) is 18.0. The first-order valence-corrected chi connectivity index (χ1v) is 10.6. The van der Waals surface area contributed by atoms with Crippen LogP contribution in [0.3, 0.4) is 0 Å². The molecule has 0 aliphatic carbocycles. The molecule has 0 saturated carbocycles. The Balaban J connectivity index is 1.92. The van der Waals surface area contributed by atoms with E-state index >= 15 is 0 Å². The molecule has 2 atom stereocenters. The highest BCUT2D eigenvalue weighted by Crippen LogP contribution is 2.06. The molecular weight excluding hydrogens is 408 g/mol. The number of hydrogen-bond donors (Lipinski definition) is 4. The number of hydrogen-bond acceptors (Lipinski definition) is 5. The largest absolute Gasteiger partial charge is 0.354 e. The molecule has 0 spiro atoms. The summed E-state index contributed by atoms with van der Waals surface area (Å²) in [4.78, 5) is 47.3. The normalized spacial score (nSPS) is 12.3. The maximum atomic E-state index is 12.8. The fourth-order valence-electron chi connectivity index (χ4n) is 3.09. The van der Waals surface area contributed by atoms with Crippen LogP contribution in [0.2, 0.25) is 0 Å². The topological polar surface area (TPSA) is 130 Å². The molecule has 0 radical (unpaired) electrons. The molecule has 2 aromatic rings. The number of carbonyl (C=O) groups excluding carboxylic acids is 4. The molecule has 0 aliphatic rings. The van der Waals surface area contributed by atoms with Crippen molar-refractivity contribution in [1.82, 2.24) is 16.0 Å². The van der Waals surface area contributed by atoms with Crippen molar-refractivity contribution < 1.29 is 19.2 Å². The van der Waals surface area contributed by atoms with E-state index in [-0.39, 0.29) is 37.7 Å². The Bertz CT molecular complexity index is 874. The van der Waals surface area contributed by atoms with Crippen LogP contribution in [0.5, 0.6) is 0 Å². The van der Waals surface area contributed by atoms with E-state index in [2.05, 4.69) is 16.0 Å². The minimum absolute atomic E-state index is 0.115. The van der Waals surface area contributed by atoms with Gasteiger partial charge in [0, 0.05) is 32.4 Å². The van der Waals surface area contributed by atoms with Crippen LogP contribution in [0.15, 0.2) is 60.7 Å². The van der Waals surface area contributed by atoms with E-state index in [0.717, 1.165) is 11.1 Å². The van der Waals surface area contributed by atoms with E-state index in [1.165, 1.54) is 0 Å². The minimum atomic E-state index is -0.808. The molecule has 8 heteroatoms. The molecule has 0 fully saturated rings. The second-order valence-electron chi connectivity index (χ2n) is 7.39. The van der Waals surface area contributed by atoms with Crippen molar-refractivity contribution in [2.24, 2.45) is 5.73 Å². The second kappa shape index (κ2) is 13.7. The van der Waals surface area contributed by atoms with Crippen LogP contribution in [0.4, 0.5) is 0 Å². The average molecular weight is 439 g/mol. The van der Waals surface area contributed by atoms with Crippen molar-refractivity contribution in [2.45, 2.75) is 37.8 Å². The lowest BCUT2D eigenvalue weighted by Gasteiger charge is -2.21. The molecule has 170 valence electrons. The summed E-state index contributed by atoms with van der Waals surface area (Å²) in [5.41, 5.74) is 7.90. The molecule has 2 unspecified atom stereocenters. The maximum absolute atomic E-state index is 12.8. The summed E-state index contributed by atoms with van der Waals surface area (Å²) in [6, 6.07) is 17.2. The van der Waals surface area contributed by atoms with Gasteiger partial charge in [-0.05, 0) is 17.5 Å². The zero-order chi connectivity index (χ0) is 23.2. The lowest BCUT2D eigenvalue weighted by atomic mass is 10.0. The standard InChI is InChI=1S/C24H30N4O4/c25-20(16-18-8-3-1-4-9-18)23(31)28-21(17-19-10-5-2-6-11-19)24(32)27-14-13-26-22(30)12-7-15-29/h1-6,8-11,15,20-21H,7,12-14,16-17,25H2,(H,26,30)(H,27,32)(H,28,31). The third-order valence-electron chi connectivity index (χ3n) is 4.79. The molecule has 0 aromatic heterocycles. The van der Waals surface area contributed by atoms with Gasteiger partial charge in [0.2, 0.25) is 17.7 Å². The molecule has 0 saturated heterocycles. The summed E-state index contributed by atoms with van der Waals surface area (Å²) in [7, 11) is 0. The van der Waals surface area contributed by atoms with Crippen LogP contribution >= 0.6 is 0 Å². The van der Waals surface area contributed by atoms with Crippen LogP contribution in [-0.4, -0.2) is 49.2 Å². The van der Waals surface area contributed by atoms with E-state index in [9.17, 15) is 19.2 Å². The van der Waals surface area contributed by atoms with Crippen molar-refractivity contribution in [3.05, 3.63) is 71.8 Å². The van der Waals surface area contributed by atoms with Crippen LogP contribution < -0.4 is 21.7 Å². The summed E-state index contributed by atoms with van der Waals surface area (Å²) in [6.07, 6.45) is 1.62. The van der Waals surface area contributed by atoms with Gasteiger partial charge in [-0.1, -0.05) is 60.7 Å². The Kier molecular flexibility index (Phi) is 10.6. The van der Waals surface area contributed by atoms with Gasteiger partial charge in [-0.3, -0.25) is 14.4 Å². The van der Waals surface area contributed by atoms with Crippen LogP contribution in [-0.2, 0) is 32.0 Å². The van der Waals surface area contributed by atoms with E-state index in [1.807, 2.05) is 60.7 Å². The van der Waals surface area contributed by atoms with Crippen LogP contribution in [0.1, 0.15) is 24.0 Å². The predicted molar refractivity (Wildman–Crippen MR) is 122 cm³/mol. The third kappa shape index (κ3) is 9.09. The number of benzene rings is 2. The van der Waals surface area contributed by atoms with E-state index in [0.29, 0.717) is 19.1 Å². The number of aldehydes is 1. The van der Waals surface area contributed by atoms with Crippen molar-refractivity contribution >= 4 is 24.0 Å². The predicted octanol–water partition coefficient (Wildman–Crippen LogP) is 0.495. The highest BCUT2D eigenvalue weighted by Gasteiger charge is 2.24. The van der Waals surface area contributed by atoms with Gasteiger partial charge >= 0.3 is 0 Å². The van der Waals surface area contributed by atoms with Gasteiger partial charge in [-0.25, -0.2) is 0 Å². The fourth-order valence-corrected chi connectivity index (χ4v) is 3.09. The SMILES string of the molecule is NC(Cc1ccccc1)C(=O)NC(Cc1ccccc1)C(=O)NCCNC(=O)CCC=O. The van der Waals surface area contributed by atoms with Gasteiger partial charge in [0.15, 0.2) is 0 Å². The monoisotopic (exact) mass is 438 g/mol. The molecule has 8 nitrogen and oxygen atoms in total. The van der Waals surface area contributed by atoms with Crippen molar-refractivity contribution in [3.63, 3.8) is 0 Å². The fraction of sp³-hybridized carbons (Fsp3) is 0.333. The first kappa shape index (κ1) is 24.7. The Morgan fingerprint density at radius 1 is 0.812 bits per heavy atom. The average Bonchev–Trinajstić information content (AvgIpc) is 2.81. The first-order chi connectivity index (χ1) is 15.5. The highest BCUT2D eigenvalue weighted by atomic mass is 16.2. The van der Waals surface area contributed by atoms with Gasteiger partial charge in [0.1, 0.15) is 12.3 Å². The lowest BCUT2D eigenvalue weighted by Crippen LogP contribution is -2.53. The first-order valence-electron chi connectivity index (χ1n) is 10.6. The smallest absolute Gasteiger partial charge is 0.242 e. The zero-order valence-corrected chi connectivity index (χ0v) is 18.0. The number of rotatable bonds is 13. The van der Waals surface area contributed by atoms with E-state index in [4.69, 9.17) is 5.73 Å². The van der Waals surface area contributed by atoms with E-state index in [1.54, 1.807) is 0 Å². The molecule has 5 N–H and O–H groups in total.